The van der Waals surface area contributed by atoms with E-state index in [-0.39, 0.29) is 5.82 Å². The van der Waals surface area contributed by atoms with Crippen molar-refractivity contribution in [2.45, 2.75) is 6.54 Å². The minimum Gasteiger partial charge on any atom is -0.353 e. The molecule has 5 rings (SSSR count). The summed E-state index contributed by atoms with van der Waals surface area (Å²) >= 11 is 1.68. The molecular weight excluding hydrogens is 371 g/mol. The molecule has 0 saturated carbocycles. The van der Waals surface area contributed by atoms with E-state index in [1.165, 1.54) is 17.7 Å². The molecule has 0 amide bonds. The number of fused-ring (bicyclic) bond motifs is 2. The number of aliphatic imine (C=N–C) groups is 1. The minimum atomic E-state index is -0.262. The Bertz CT molecular complexity index is 1010. The van der Waals surface area contributed by atoms with E-state index in [2.05, 4.69) is 56.9 Å². The summed E-state index contributed by atoms with van der Waals surface area (Å²) in [5, 5.41) is 5.49. The summed E-state index contributed by atoms with van der Waals surface area (Å²) in [6.07, 6.45) is 0. The number of amidine groups is 1. The maximum absolute atomic E-state index is 13.8. The van der Waals surface area contributed by atoms with Crippen LogP contribution in [-0.2, 0) is 6.54 Å². The van der Waals surface area contributed by atoms with Crippen molar-refractivity contribution in [2.75, 3.05) is 31.5 Å². The van der Waals surface area contributed by atoms with Gasteiger partial charge in [-0.1, -0.05) is 30.3 Å². The van der Waals surface area contributed by atoms with Gasteiger partial charge in [-0.3, -0.25) is 4.90 Å². The summed E-state index contributed by atoms with van der Waals surface area (Å²) < 4.78 is 13.8. The summed E-state index contributed by atoms with van der Waals surface area (Å²) in [6.45, 7) is 4.76. The molecule has 1 fully saturated rings. The number of piperazine rings is 1. The average molecular weight is 393 g/mol. The number of benzene rings is 2. The monoisotopic (exact) mass is 392 g/mol. The molecule has 0 bridgehead atoms. The Morgan fingerprint density at radius 2 is 1.79 bits per heavy atom. The molecule has 142 valence electrons. The predicted molar refractivity (Wildman–Crippen MR) is 113 cm³/mol. The predicted octanol–water partition coefficient (Wildman–Crippen LogP) is 4.84. The number of thiophene rings is 1. The number of nitrogens with zero attached hydrogens (tertiary/aromatic N) is 3. The molecule has 0 aliphatic carbocycles. The first-order chi connectivity index (χ1) is 13.8. The first kappa shape index (κ1) is 17.4. The number of hydrogen-bond donors (Lipinski definition) is 1. The molecule has 4 nitrogen and oxygen atoms in total. The van der Waals surface area contributed by atoms with Crippen molar-refractivity contribution in [2.24, 2.45) is 4.99 Å². The zero-order valence-electron chi connectivity index (χ0n) is 15.4. The Labute approximate surface area is 167 Å². The second kappa shape index (κ2) is 7.37. The molecule has 1 saturated heterocycles. The summed E-state index contributed by atoms with van der Waals surface area (Å²) in [7, 11) is 0. The zero-order chi connectivity index (χ0) is 18.9. The zero-order valence-corrected chi connectivity index (χ0v) is 16.3. The summed E-state index contributed by atoms with van der Waals surface area (Å²) in [4.78, 5) is 10.8. The average Bonchev–Trinajstić information content (AvgIpc) is 3.11. The van der Waals surface area contributed by atoms with Gasteiger partial charge >= 0.3 is 0 Å². The normalized spacial score (nSPS) is 16.6. The molecule has 0 radical (unpaired) electrons. The Morgan fingerprint density at radius 3 is 2.61 bits per heavy atom. The molecule has 2 aromatic carbocycles. The first-order valence-corrected chi connectivity index (χ1v) is 10.4. The van der Waals surface area contributed by atoms with Gasteiger partial charge in [-0.25, -0.2) is 9.38 Å². The van der Waals surface area contributed by atoms with Gasteiger partial charge in [0.1, 0.15) is 11.7 Å². The molecule has 2 aliphatic heterocycles. The highest BCUT2D eigenvalue weighted by Gasteiger charge is 2.26. The van der Waals surface area contributed by atoms with E-state index in [1.807, 2.05) is 0 Å². The van der Waals surface area contributed by atoms with Crippen molar-refractivity contribution < 1.29 is 4.39 Å². The molecule has 0 atom stereocenters. The van der Waals surface area contributed by atoms with Crippen LogP contribution in [-0.4, -0.2) is 41.8 Å². The smallest absolute Gasteiger partial charge is 0.148 e. The number of hydrogen-bond acceptors (Lipinski definition) is 5. The SMILES string of the molecule is Fc1ccc2c(c1)N=C(N1CCN(Cc3ccccc3)CC1)c1sccc1N2. The van der Waals surface area contributed by atoms with Crippen LogP contribution in [0.15, 0.2) is 65.0 Å². The van der Waals surface area contributed by atoms with Crippen LogP contribution < -0.4 is 5.32 Å². The molecule has 6 heteroatoms. The van der Waals surface area contributed by atoms with Crippen LogP contribution in [0.1, 0.15) is 10.4 Å². The Morgan fingerprint density at radius 1 is 0.964 bits per heavy atom. The molecule has 0 unspecified atom stereocenters. The lowest BCUT2D eigenvalue weighted by Crippen LogP contribution is -2.48. The van der Waals surface area contributed by atoms with Gasteiger partial charge in [0.05, 0.1) is 21.9 Å². The van der Waals surface area contributed by atoms with Gasteiger partial charge < -0.3 is 10.2 Å². The Balaban J connectivity index is 1.38. The van der Waals surface area contributed by atoms with E-state index >= 15 is 0 Å². The highest BCUT2D eigenvalue weighted by molar-refractivity contribution is 7.12. The molecule has 3 aromatic rings. The molecule has 3 heterocycles. The van der Waals surface area contributed by atoms with E-state index in [1.54, 1.807) is 17.4 Å². The van der Waals surface area contributed by atoms with E-state index in [0.29, 0.717) is 5.69 Å². The van der Waals surface area contributed by atoms with Gasteiger partial charge in [-0.15, -0.1) is 11.3 Å². The van der Waals surface area contributed by atoms with Gasteiger partial charge in [0.2, 0.25) is 0 Å². The fourth-order valence-corrected chi connectivity index (χ4v) is 4.63. The van der Waals surface area contributed by atoms with Crippen LogP contribution in [0.4, 0.5) is 21.5 Å². The topological polar surface area (TPSA) is 30.9 Å². The number of rotatable bonds is 2. The van der Waals surface area contributed by atoms with E-state index in [4.69, 9.17) is 4.99 Å². The van der Waals surface area contributed by atoms with Crippen LogP contribution in [0.2, 0.25) is 0 Å². The molecule has 0 spiro atoms. The largest absolute Gasteiger partial charge is 0.353 e. The summed E-state index contributed by atoms with van der Waals surface area (Å²) in [6, 6.07) is 17.4. The maximum atomic E-state index is 13.8. The van der Waals surface area contributed by atoms with Gasteiger partial charge in [0, 0.05) is 38.8 Å². The second-order valence-electron chi connectivity index (χ2n) is 7.13. The lowest BCUT2D eigenvalue weighted by molar-refractivity contribution is 0.176. The van der Waals surface area contributed by atoms with E-state index in [0.717, 1.165) is 54.8 Å². The standard InChI is InChI=1S/C22H21FN4S/c23-17-6-7-18-20(14-17)25-22(21-19(24-18)8-13-28-21)27-11-9-26(10-12-27)15-16-4-2-1-3-5-16/h1-8,13-14,24H,9-12,15H2. The lowest BCUT2D eigenvalue weighted by atomic mass is 10.2. The van der Waals surface area contributed by atoms with Crippen LogP contribution in [0.5, 0.6) is 0 Å². The quantitative estimate of drug-likeness (QED) is 0.677. The molecule has 2 aliphatic rings. The van der Waals surface area contributed by atoms with Crippen molar-refractivity contribution in [3.05, 3.63) is 76.2 Å². The third-order valence-electron chi connectivity index (χ3n) is 5.24. The third kappa shape index (κ3) is 3.41. The maximum Gasteiger partial charge on any atom is 0.148 e. The van der Waals surface area contributed by atoms with Gasteiger partial charge in [0.25, 0.3) is 0 Å². The van der Waals surface area contributed by atoms with Crippen molar-refractivity contribution in [1.29, 1.82) is 0 Å². The highest BCUT2D eigenvalue weighted by atomic mass is 32.1. The Kier molecular flexibility index (Phi) is 4.58. The van der Waals surface area contributed by atoms with Crippen LogP contribution in [0.3, 0.4) is 0 Å². The molecule has 1 aromatic heterocycles. The fraction of sp³-hybridized carbons (Fsp3) is 0.227. The highest BCUT2D eigenvalue weighted by Crippen LogP contribution is 2.37. The summed E-state index contributed by atoms with van der Waals surface area (Å²) in [5.41, 5.74) is 3.89. The van der Waals surface area contributed by atoms with Crippen molar-refractivity contribution in [1.82, 2.24) is 9.80 Å². The third-order valence-corrected chi connectivity index (χ3v) is 6.15. The van der Waals surface area contributed by atoms with Gasteiger partial charge in [-0.2, -0.15) is 0 Å². The van der Waals surface area contributed by atoms with Crippen molar-refractivity contribution in [3.63, 3.8) is 0 Å². The van der Waals surface area contributed by atoms with Crippen LogP contribution >= 0.6 is 11.3 Å². The Hall–Kier alpha value is -2.70. The van der Waals surface area contributed by atoms with E-state index in [9.17, 15) is 4.39 Å². The lowest BCUT2D eigenvalue weighted by Gasteiger charge is -2.36. The van der Waals surface area contributed by atoms with Gasteiger partial charge in [0.15, 0.2) is 0 Å². The molecule has 28 heavy (non-hydrogen) atoms. The fourth-order valence-electron chi connectivity index (χ4n) is 3.77. The number of halogens is 1. The molecular formula is C22H21FN4S. The van der Waals surface area contributed by atoms with E-state index < -0.39 is 0 Å². The summed E-state index contributed by atoms with van der Waals surface area (Å²) in [5.74, 6) is 0.683. The minimum absolute atomic E-state index is 0.262. The molecule has 1 N–H and O–H groups in total. The number of nitrogens with one attached hydrogen (secondary N) is 1. The van der Waals surface area contributed by atoms with Crippen molar-refractivity contribution in [3.8, 4) is 0 Å². The van der Waals surface area contributed by atoms with Crippen LogP contribution in [0, 0.1) is 5.82 Å². The second-order valence-corrected chi connectivity index (χ2v) is 8.05. The van der Waals surface area contributed by atoms with Crippen LogP contribution in [0.25, 0.3) is 0 Å². The van der Waals surface area contributed by atoms with Gasteiger partial charge in [-0.05, 0) is 29.1 Å². The first-order valence-electron chi connectivity index (χ1n) is 9.51. The number of anilines is 2. The van der Waals surface area contributed by atoms with Crippen molar-refractivity contribution >= 4 is 34.2 Å².